The first-order chi connectivity index (χ1) is 15.5. The molecule has 7 heteroatoms. The maximum Gasteiger partial charge on any atom is 0.239 e. The fourth-order valence-corrected chi connectivity index (χ4v) is 3.52. The Morgan fingerprint density at radius 2 is 1.82 bits per heavy atom. The van der Waals surface area contributed by atoms with Gasteiger partial charge >= 0.3 is 0 Å². The van der Waals surface area contributed by atoms with E-state index in [1.54, 1.807) is 19.1 Å². The Labute approximate surface area is 191 Å². The summed E-state index contributed by atoms with van der Waals surface area (Å²) in [5, 5.41) is 41.2. The summed E-state index contributed by atoms with van der Waals surface area (Å²) in [4.78, 5) is 13.3. The van der Waals surface area contributed by atoms with E-state index in [1.807, 2.05) is 19.9 Å². The van der Waals surface area contributed by atoms with Gasteiger partial charge in [0.1, 0.15) is 28.2 Å². The van der Waals surface area contributed by atoms with Crippen LogP contribution in [-0.2, 0) is 12.8 Å². The van der Waals surface area contributed by atoms with E-state index < -0.39 is 17.3 Å². The van der Waals surface area contributed by atoms with E-state index in [-0.39, 0.29) is 46.8 Å². The van der Waals surface area contributed by atoms with E-state index in [0.717, 1.165) is 11.6 Å². The second-order valence-electron chi connectivity index (χ2n) is 8.29. The molecule has 7 nitrogen and oxygen atoms in total. The highest BCUT2D eigenvalue weighted by atomic mass is 16.5. The van der Waals surface area contributed by atoms with Gasteiger partial charge in [0, 0.05) is 23.6 Å². The summed E-state index contributed by atoms with van der Waals surface area (Å²) >= 11 is 0. The topological polar surface area (TPSA) is 120 Å². The van der Waals surface area contributed by atoms with Crippen molar-refractivity contribution in [3.05, 3.63) is 69.4 Å². The average molecular weight is 453 g/mol. The smallest absolute Gasteiger partial charge is 0.239 e. The predicted octanol–water partition coefficient (Wildman–Crippen LogP) is 4.57. The largest absolute Gasteiger partial charge is 0.508 e. The standard InChI is InChI=1S/C26H28O7/c1-13(2)6-8-17-20(29)12-21(30)22-23(31)26(32-5)24(33-25(17)22)15-7-9-18(27)16(10-15)11-19(28)14(3)4/h6-7,9-10,12,19,27-30H,3,8,11H2,1-2,4-5H3. The summed E-state index contributed by atoms with van der Waals surface area (Å²) in [6.07, 6.45) is 1.40. The van der Waals surface area contributed by atoms with Gasteiger partial charge in [0.25, 0.3) is 0 Å². The summed E-state index contributed by atoms with van der Waals surface area (Å²) in [6.45, 7) is 9.22. The quantitative estimate of drug-likeness (QED) is 0.388. The molecule has 0 aliphatic carbocycles. The number of ether oxygens (including phenoxy) is 1. The van der Waals surface area contributed by atoms with Crippen LogP contribution in [0.15, 0.2) is 57.3 Å². The first-order valence-corrected chi connectivity index (χ1v) is 10.4. The van der Waals surface area contributed by atoms with Crippen molar-refractivity contribution in [1.29, 1.82) is 0 Å². The van der Waals surface area contributed by atoms with Crippen molar-refractivity contribution in [2.45, 2.75) is 39.7 Å². The van der Waals surface area contributed by atoms with Gasteiger partial charge in [-0.25, -0.2) is 0 Å². The molecule has 0 aliphatic rings. The second-order valence-corrected chi connectivity index (χ2v) is 8.29. The third-order valence-corrected chi connectivity index (χ3v) is 5.43. The lowest BCUT2D eigenvalue weighted by molar-refractivity contribution is 0.210. The first-order valence-electron chi connectivity index (χ1n) is 10.4. The van der Waals surface area contributed by atoms with Gasteiger partial charge in [0.2, 0.25) is 11.2 Å². The third kappa shape index (κ3) is 4.73. The van der Waals surface area contributed by atoms with Crippen molar-refractivity contribution in [3.8, 4) is 34.3 Å². The second kappa shape index (κ2) is 9.42. The molecule has 0 aliphatic heterocycles. The molecule has 0 radical (unpaired) electrons. The van der Waals surface area contributed by atoms with Crippen molar-refractivity contribution in [3.63, 3.8) is 0 Å². The summed E-state index contributed by atoms with van der Waals surface area (Å²) in [5.74, 6) is -0.704. The molecule has 1 heterocycles. The number of aliphatic hydroxyl groups is 1. The molecule has 4 N–H and O–H groups in total. The number of phenolic OH excluding ortho intramolecular Hbond substituents is 3. The molecule has 3 rings (SSSR count). The zero-order chi connectivity index (χ0) is 24.4. The molecule has 1 unspecified atom stereocenters. The van der Waals surface area contributed by atoms with Gasteiger partial charge in [-0.1, -0.05) is 23.8 Å². The molecule has 0 amide bonds. The van der Waals surface area contributed by atoms with Crippen LogP contribution in [-0.4, -0.2) is 33.6 Å². The van der Waals surface area contributed by atoms with Gasteiger partial charge in [0.05, 0.1) is 13.2 Å². The Kier molecular flexibility index (Phi) is 6.84. The Hall–Kier alpha value is -3.71. The third-order valence-electron chi connectivity index (χ3n) is 5.43. The number of fused-ring (bicyclic) bond motifs is 1. The number of hydrogen-bond donors (Lipinski definition) is 4. The van der Waals surface area contributed by atoms with Crippen LogP contribution in [0, 0.1) is 0 Å². The molecule has 1 aromatic heterocycles. The van der Waals surface area contributed by atoms with Crippen LogP contribution in [0.3, 0.4) is 0 Å². The number of rotatable bonds is 7. The van der Waals surface area contributed by atoms with Gasteiger partial charge in [-0.15, -0.1) is 0 Å². The molecule has 3 aromatic rings. The van der Waals surface area contributed by atoms with Crippen molar-refractivity contribution < 1.29 is 29.6 Å². The lowest BCUT2D eigenvalue weighted by Gasteiger charge is -2.15. The maximum absolute atomic E-state index is 13.3. The maximum atomic E-state index is 13.3. The molecule has 2 aromatic carbocycles. The van der Waals surface area contributed by atoms with E-state index in [1.165, 1.54) is 13.2 Å². The molecular formula is C26H28O7. The van der Waals surface area contributed by atoms with Crippen LogP contribution in [0.2, 0.25) is 0 Å². The van der Waals surface area contributed by atoms with Crippen LogP contribution in [0.4, 0.5) is 0 Å². The Morgan fingerprint density at radius 1 is 1.12 bits per heavy atom. The molecule has 0 fully saturated rings. The van der Waals surface area contributed by atoms with Gasteiger partial charge in [0.15, 0.2) is 5.76 Å². The van der Waals surface area contributed by atoms with E-state index in [0.29, 0.717) is 22.3 Å². The molecule has 1 atom stereocenters. The summed E-state index contributed by atoms with van der Waals surface area (Å²) < 4.78 is 11.4. The van der Waals surface area contributed by atoms with Crippen LogP contribution in [0.5, 0.6) is 23.0 Å². The number of allylic oxidation sites excluding steroid dienone is 2. The predicted molar refractivity (Wildman–Crippen MR) is 127 cm³/mol. The minimum atomic E-state index is -0.860. The first kappa shape index (κ1) is 23.9. The highest BCUT2D eigenvalue weighted by Gasteiger charge is 2.24. The monoisotopic (exact) mass is 452 g/mol. The fourth-order valence-electron chi connectivity index (χ4n) is 3.52. The van der Waals surface area contributed by atoms with Crippen LogP contribution < -0.4 is 10.2 Å². The summed E-state index contributed by atoms with van der Waals surface area (Å²) in [5.41, 5.74) is 2.20. The zero-order valence-corrected chi connectivity index (χ0v) is 19.1. The van der Waals surface area contributed by atoms with E-state index in [2.05, 4.69) is 6.58 Å². The van der Waals surface area contributed by atoms with E-state index >= 15 is 0 Å². The fraction of sp³-hybridized carbons (Fsp3) is 0.269. The molecule has 0 spiro atoms. The number of methoxy groups -OCH3 is 1. The molecular weight excluding hydrogens is 424 g/mol. The van der Waals surface area contributed by atoms with Crippen molar-refractivity contribution in [2.75, 3.05) is 7.11 Å². The molecule has 174 valence electrons. The number of phenols is 3. The Balaban J connectivity index is 2.32. The Morgan fingerprint density at radius 3 is 2.42 bits per heavy atom. The number of aliphatic hydroxyl groups excluding tert-OH is 1. The normalized spacial score (nSPS) is 11.9. The van der Waals surface area contributed by atoms with Gasteiger partial charge in [-0.05, 0) is 51.0 Å². The van der Waals surface area contributed by atoms with Crippen LogP contribution in [0.25, 0.3) is 22.3 Å². The number of aromatic hydroxyl groups is 3. The lowest BCUT2D eigenvalue weighted by atomic mass is 9.98. The lowest BCUT2D eigenvalue weighted by Crippen LogP contribution is -2.11. The zero-order valence-electron chi connectivity index (χ0n) is 19.1. The van der Waals surface area contributed by atoms with Crippen LogP contribution in [0.1, 0.15) is 31.9 Å². The van der Waals surface area contributed by atoms with Crippen molar-refractivity contribution in [1.82, 2.24) is 0 Å². The molecule has 0 saturated carbocycles. The van der Waals surface area contributed by atoms with Crippen molar-refractivity contribution in [2.24, 2.45) is 0 Å². The minimum absolute atomic E-state index is 0.0271. The molecule has 0 bridgehead atoms. The van der Waals surface area contributed by atoms with E-state index in [9.17, 15) is 25.2 Å². The molecule has 0 saturated heterocycles. The summed E-state index contributed by atoms with van der Waals surface area (Å²) in [7, 11) is 1.31. The van der Waals surface area contributed by atoms with E-state index in [4.69, 9.17) is 9.15 Å². The SMILES string of the molecule is C=C(C)C(O)Cc1cc(-c2oc3c(CC=C(C)C)c(O)cc(O)c3c(=O)c2OC)ccc1O. The average Bonchev–Trinajstić information content (AvgIpc) is 2.74. The number of hydrogen-bond acceptors (Lipinski definition) is 7. The minimum Gasteiger partial charge on any atom is -0.508 e. The Bertz CT molecular complexity index is 1310. The van der Waals surface area contributed by atoms with Gasteiger partial charge in [-0.2, -0.15) is 0 Å². The molecule has 33 heavy (non-hydrogen) atoms. The van der Waals surface area contributed by atoms with Crippen LogP contribution >= 0.6 is 0 Å². The van der Waals surface area contributed by atoms with Gasteiger partial charge in [-0.3, -0.25) is 4.79 Å². The van der Waals surface area contributed by atoms with Crippen molar-refractivity contribution >= 4 is 11.0 Å². The highest BCUT2D eigenvalue weighted by molar-refractivity contribution is 5.91. The van der Waals surface area contributed by atoms with Gasteiger partial charge < -0.3 is 29.6 Å². The summed E-state index contributed by atoms with van der Waals surface area (Å²) in [6, 6.07) is 5.69. The highest BCUT2D eigenvalue weighted by Crippen LogP contribution is 2.39. The number of benzene rings is 2.